The molecule has 0 radical (unpaired) electrons. The topological polar surface area (TPSA) is 108 Å². The van der Waals surface area contributed by atoms with Crippen molar-refractivity contribution in [1.82, 2.24) is 10.3 Å². The third-order valence-corrected chi connectivity index (χ3v) is 4.29. The lowest BCUT2D eigenvalue weighted by molar-refractivity contribution is -0.123. The first-order valence-electron chi connectivity index (χ1n) is 8.00. The van der Waals surface area contributed by atoms with Gasteiger partial charge in [-0.15, -0.1) is 11.3 Å². The van der Waals surface area contributed by atoms with E-state index in [0.717, 1.165) is 5.56 Å². The van der Waals surface area contributed by atoms with Crippen molar-refractivity contribution in [3.63, 3.8) is 0 Å². The van der Waals surface area contributed by atoms with Crippen molar-refractivity contribution in [2.24, 2.45) is 5.41 Å². The van der Waals surface area contributed by atoms with Gasteiger partial charge in [-0.05, 0) is 17.7 Å². The van der Waals surface area contributed by atoms with Gasteiger partial charge in [0.2, 0.25) is 11.8 Å². The van der Waals surface area contributed by atoms with E-state index in [4.69, 9.17) is 5.11 Å². The molecule has 0 atom stereocenters. The highest BCUT2D eigenvalue weighted by atomic mass is 32.1. The molecule has 0 unspecified atom stereocenters. The van der Waals surface area contributed by atoms with Crippen LogP contribution < -0.4 is 10.6 Å². The van der Waals surface area contributed by atoms with Gasteiger partial charge in [-0.3, -0.25) is 9.59 Å². The Hall–Kier alpha value is -2.74. The molecule has 0 saturated heterocycles. The second-order valence-corrected chi connectivity index (χ2v) is 7.66. The summed E-state index contributed by atoms with van der Waals surface area (Å²) < 4.78 is 0. The highest BCUT2D eigenvalue weighted by Gasteiger charge is 2.22. The van der Waals surface area contributed by atoms with Crippen molar-refractivity contribution in [2.45, 2.75) is 33.7 Å². The number of carbonyl (C=O) groups is 3. The lowest BCUT2D eigenvalue weighted by Crippen LogP contribution is -2.27. The average Bonchev–Trinajstić information content (AvgIpc) is 2.99. The van der Waals surface area contributed by atoms with Crippen LogP contribution in [0.5, 0.6) is 0 Å². The van der Waals surface area contributed by atoms with Crippen LogP contribution in [0.15, 0.2) is 29.6 Å². The first-order valence-corrected chi connectivity index (χ1v) is 8.88. The molecule has 26 heavy (non-hydrogen) atoms. The van der Waals surface area contributed by atoms with Crippen molar-refractivity contribution in [3.05, 3.63) is 46.5 Å². The lowest BCUT2D eigenvalue weighted by Gasteiger charge is -2.15. The number of aromatic carboxylic acids is 1. The molecule has 1 heterocycles. The van der Waals surface area contributed by atoms with Crippen LogP contribution in [0, 0.1) is 5.41 Å². The molecule has 1 aromatic heterocycles. The molecular formula is C18H21N3O4S. The van der Waals surface area contributed by atoms with Crippen molar-refractivity contribution in [2.75, 3.05) is 5.32 Å². The molecule has 138 valence electrons. The summed E-state index contributed by atoms with van der Waals surface area (Å²) in [5.74, 6) is -1.32. The van der Waals surface area contributed by atoms with Gasteiger partial charge in [0, 0.05) is 17.3 Å². The number of carbonyl (C=O) groups excluding carboxylic acids is 2. The molecule has 2 rings (SSSR count). The number of aromatic nitrogens is 1. The van der Waals surface area contributed by atoms with E-state index in [1.807, 2.05) is 20.8 Å². The fraction of sp³-hybridized carbons (Fsp3) is 0.333. The quantitative estimate of drug-likeness (QED) is 0.719. The highest BCUT2D eigenvalue weighted by molar-refractivity contribution is 7.13. The van der Waals surface area contributed by atoms with Gasteiger partial charge in [0.15, 0.2) is 5.13 Å². The minimum absolute atomic E-state index is 0.106. The van der Waals surface area contributed by atoms with E-state index in [1.54, 1.807) is 17.5 Å². The Bertz CT molecular complexity index is 807. The van der Waals surface area contributed by atoms with Gasteiger partial charge in [-0.25, -0.2) is 9.78 Å². The molecule has 1 aromatic carbocycles. The smallest absolute Gasteiger partial charge is 0.335 e. The van der Waals surface area contributed by atoms with Crippen molar-refractivity contribution >= 4 is 34.3 Å². The molecule has 2 amide bonds. The Labute approximate surface area is 155 Å². The van der Waals surface area contributed by atoms with E-state index in [2.05, 4.69) is 15.6 Å². The number of amides is 2. The normalized spacial score (nSPS) is 11.0. The van der Waals surface area contributed by atoms with Crippen LogP contribution in [0.3, 0.4) is 0 Å². The Balaban J connectivity index is 1.84. The number of anilines is 1. The monoisotopic (exact) mass is 375 g/mol. The third-order valence-electron chi connectivity index (χ3n) is 3.49. The Morgan fingerprint density at radius 1 is 1.15 bits per heavy atom. The third kappa shape index (κ3) is 5.66. The minimum atomic E-state index is -0.988. The zero-order valence-electron chi connectivity index (χ0n) is 14.8. The number of thiazole rings is 1. The van der Waals surface area contributed by atoms with E-state index in [0.29, 0.717) is 17.4 Å². The molecular weight excluding hydrogens is 354 g/mol. The van der Waals surface area contributed by atoms with Crippen LogP contribution in [-0.2, 0) is 22.6 Å². The lowest BCUT2D eigenvalue weighted by atomic mass is 9.96. The SMILES string of the molecule is CC(C)(C)C(=O)Nc1nc(CC(=O)NCc2ccc(C(=O)O)cc2)cs1. The van der Waals surface area contributed by atoms with Gasteiger partial charge in [-0.1, -0.05) is 32.9 Å². The van der Waals surface area contributed by atoms with Crippen LogP contribution in [0.1, 0.15) is 42.4 Å². The van der Waals surface area contributed by atoms with Crippen LogP contribution in [0.2, 0.25) is 0 Å². The Morgan fingerprint density at radius 2 is 1.81 bits per heavy atom. The molecule has 0 bridgehead atoms. The molecule has 8 heteroatoms. The molecule has 0 aliphatic carbocycles. The number of benzene rings is 1. The number of carboxylic acids is 1. The second kappa shape index (κ2) is 8.09. The van der Waals surface area contributed by atoms with Crippen LogP contribution >= 0.6 is 11.3 Å². The summed E-state index contributed by atoms with van der Waals surface area (Å²) in [4.78, 5) is 39.0. The number of nitrogens with zero attached hydrogens (tertiary/aromatic N) is 1. The van der Waals surface area contributed by atoms with Crippen LogP contribution in [-0.4, -0.2) is 27.9 Å². The number of hydrogen-bond acceptors (Lipinski definition) is 5. The zero-order valence-corrected chi connectivity index (χ0v) is 15.6. The molecule has 0 fully saturated rings. The van der Waals surface area contributed by atoms with Gasteiger partial charge in [0.1, 0.15) is 0 Å². The first-order chi connectivity index (χ1) is 12.1. The van der Waals surface area contributed by atoms with Gasteiger partial charge in [-0.2, -0.15) is 0 Å². The van der Waals surface area contributed by atoms with Crippen molar-refractivity contribution in [3.8, 4) is 0 Å². The zero-order chi connectivity index (χ0) is 19.3. The van der Waals surface area contributed by atoms with E-state index in [9.17, 15) is 14.4 Å². The summed E-state index contributed by atoms with van der Waals surface area (Å²) in [7, 11) is 0. The number of hydrogen-bond donors (Lipinski definition) is 3. The standard InChI is InChI=1S/C18H21N3O4S/c1-18(2,3)16(25)21-17-20-13(10-26-17)8-14(22)19-9-11-4-6-12(7-5-11)15(23)24/h4-7,10H,8-9H2,1-3H3,(H,19,22)(H,23,24)(H,20,21,25). The van der Waals surface area contributed by atoms with E-state index < -0.39 is 11.4 Å². The fourth-order valence-corrected chi connectivity index (χ4v) is 2.63. The summed E-state index contributed by atoms with van der Waals surface area (Å²) in [6, 6.07) is 6.31. The maximum atomic E-state index is 12.0. The molecule has 0 spiro atoms. The van der Waals surface area contributed by atoms with Crippen molar-refractivity contribution < 1.29 is 19.5 Å². The second-order valence-electron chi connectivity index (χ2n) is 6.80. The highest BCUT2D eigenvalue weighted by Crippen LogP contribution is 2.20. The Morgan fingerprint density at radius 3 is 2.38 bits per heavy atom. The predicted molar refractivity (Wildman–Crippen MR) is 99.2 cm³/mol. The predicted octanol–water partition coefficient (Wildman–Crippen LogP) is 2.68. The van der Waals surface area contributed by atoms with Gasteiger partial charge >= 0.3 is 5.97 Å². The summed E-state index contributed by atoms with van der Waals surface area (Å²) in [6.45, 7) is 5.74. The van der Waals surface area contributed by atoms with Gasteiger partial charge in [0.25, 0.3) is 0 Å². The number of rotatable bonds is 6. The summed E-state index contributed by atoms with van der Waals surface area (Å²) in [5, 5.41) is 16.6. The largest absolute Gasteiger partial charge is 0.478 e. The molecule has 0 aliphatic heterocycles. The molecule has 0 saturated carbocycles. The first kappa shape index (κ1) is 19.6. The summed E-state index contributed by atoms with van der Waals surface area (Å²) in [6.07, 6.45) is 0.106. The average molecular weight is 375 g/mol. The van der Waals surface area contributed by atoms with E-state index in [1.165, 1.54) is 23.5 Å². The molecule has 7 nitrogen and oxygen atoms in total. The summed E-state index contributed by atoms with van der Waals surface area (Å²) in [5.41, 5.74) is 1.07. The minimum Gasteiger partial charge on any atom is -0.478 e. The maximum absolute atomic E-state index is 12.0. The Kier molecular flexibility index (Phi) is 6.10. The van der Waals surface area contributed by atoms with Gasteiger partial charge < -0.3 is 15.7 Å². The number of carboxylic acid groups (broad SMARTS) is 1. The molecule has 3 N–H and O–H groups in total. The van der Waals surface area contributed by atoms with E-state index in [-0.39, 0.29) is 23.8 Å². The van der Waals surface area contributed by atoms with Crippen molar-refractivity contribution in [1.29, 1.82) is 0 Å². The van der Waals surface area contributed by atoms with Gasteiger partial charge in [0.05, 0.1) is 17.7 Å². The molecule has 2 aromatic rings. The van der Waals surface area contributed by atoms with Crippen LogP contribution in [0.4, 0.5) is 5.13 Å². The van der Waals surface area contributed by atoms with E-state index >= 15 is 0 Å². The summed E-state index contributed by atoms with van der Waals surface area (Å²) >= 11 is 1.28. The van der Waals surface area contributed by atoms with Crippen LogP contribution in [0.25, 0.3) is 0 Å². The number of nitrogens with one attached hydrogen (secondary N) is 2. The maximum Gasteiger partial charge on any atom is 0.335 e. The fourth-order valence-electron chi connectivity index (χ4n) is 1.92. The molecule has 0 aliphatic rings.